The van der Waals surface area contributed by atoms with E-state index in [0.29, 0.717) is 12.4 Å². The monoisotopic (exact) mass is 463 g/mol. The summed E-state index contributed by atoms with van der Waals surface area (Å²) in [5, 5.41) is 12.6. The average molecular weight is 464 g/mol. The van der Waals surface area contributed by atoms with Crippen molar-refractivity contribution >= 4 is 39.1 Å². The second-order valence-corrected chi connectivity index (χ2v) is 7.38. The van der Waals surface area contributed by atoms with Crippen molar-refractivity contribution in [1.29, 1.82) is 0 Å². The number of hydrogen-bond acceptors (Lipinski definition) is 5. The van der Waals surface area contributed by atoms with E-state index in [0.717, 1.165) is 26.6 Å². The molecule has 1 aromatic heterocycles. The lowest BCUT2D eigenvalue weighted by atomic mass is 10.2. The molecule has 0 radical (unpaired) electrons. The van der Waals surface area contributed by atoms with E-state index in [1.54, 1.807) is 6.21 Å². The number of nitrogens with zero attached hydrogens (tertiary/aromatic N) is 4. The Morgan fingerprint density at radius 3 is 2.53 bits per heavy atom. The smallest absolute Gasteiger partial charge is 0.263 e. The summed E-state index contributed by atoms with van der Waals surface area (Å²) < 4.78 is 6.92. The molecule has 4 aromatic rings. The molecular formula is C22H18BrN5O2. The van der Waals surface area contributed by atoms with Gasteiger partial charge in [-0.3, -0.25) is 4.79 Å². The van der Waals surface area contributed by atoms with E-state index >= 15 is 0 Å². The molecule has 0 bridgehead atoms. The van der Waals surface area contributed by atoms with Crippen molar-refractivity contribution in [2.45, 2.75) is 13.2 Å². The fourth-order valence-corrected chi connectivity index (χ4v) is 3.27. The van der Waals surface area contributed by atoms with Crippen LogP contribution in [-0.4, -0.2) is 27.1 Å². The van der Waals surface area contributed by atoms with Crippen molar-refractivity contribution in [3.8, 4) is 5.75 Å². The molecule has 0 fully saturated rings. The quantitative estimate of drug-likeness (QED) is 0.332. The van der Waals surface area contributed by atoms with Crippen molar-refractivity contribution in [2.75, 3.05) is 0 Å². The van der Waals surface area contributed by atoms with Crippen LogP contribution in [0.4, 0.5) is 0 Å². The van der Waals surface area contributed by atoms with Gasteiger partial charge in [0.15, 0.2) is 0 Å². The zero-order valence-corrected chi connectivity index (χ0v) is 17.5. The van der Waals surface area contributed by atoms with E-state index in [4.69, 9.17) is 4.74 Å². The molecule has 4 rings (SSSR count). The van der Waals surface area contributed by atoms with Crippen molar-refractivity contribution < 1.29 is 9.53 Å². The van der Waals surface area contributed by atoms with Gasteiger partial charge in [-0.15, -0.1) is 0 Å². The topological polar surface area (TPSA) is 81.4 Å². The fourth-order valence-electron chi connectivity index (χ4n) is 2.82. The molecule has 1 N–H and O–H groups in total. The molecule has 0 saturated carbocycles. The number of ether oxygens (including phenoxy) is 1. The normalized spacial score (nSPS) is 11.1. The average Bonchev–Trinajstić information content (AvgIpc) is 3.15. The predicted molar refractivity (Wildman–Crippen MR) is 118 cm³/mol. The Morgan fingerprint density at radius 1 is 1.03 bits per heavy atom. The van der Waals surface area contributed by atoms with Gasteiger partial charge in [-0.1, -0.05) is 52.3 Å². The Hall–Kier alpha value is -3.52. The van der Waals surface area contributed by atoms with Crippen LogP contribution >= 0.6 is 15.9 Å². The van der Waals surface area contributed by atoms with Gasteiger partial charge in [0.25, 0.3) is 5.91 Å². The number of carbonyl (C=O) groups is 1. The summed E-state index contributed by atoms with van der Waals surface area (Å²) in [6.45, 7) is 0.405. The second-order valence-electron chi connectivity index (χ2n) is 6.47. The highest BCUT2D eigenvalue weighted by atomic mass is 79.9. The van der Waals surface area contributed by atoms with E-state index < -0.39 is 0 Å². The molecular weight excluding hydrogens is 446 g/mol. The van der Waals surface area contributed by atoms with Gasteiger partial charge in [0, 0.05) is 10.0 Å². The van der Waals surface area contributed by atoms with Crippen LogP contribution in [0.2, 0.25) is 0 Å². The molecule has 0 aliphatic carbocycles. The maximum Gasteiger partial charge on any atom is 0.263 e. The number of carbonyl (C=O) groups excluding carboxylic acids is 1. The van der Waals surface area contributed by atoms with E-state index in [9.17, 15) is 4.79 Å². The summed E-state index contributed by atoms with van der Waals surface area (Å²) in [6.07, 6.45) is 1.56. The van der Waals surface area contributed by atoms with Gasteiger partial charge in [-0.25, -0.2) is 5.43 Å². The number of benzene rings is 3. The first-order valence-corrected chi connectivity index (χ1v) is 10.0. The molecule has 0 spiro atoms. The zero-order chi connectivity index (χ0) is 20.8. The molecule has 30 heavy (non-hydrogen) atoms. The molecule has 0 unspecified atom stereocenters. The Labute approximate surface area is 181 Å². The van der Waals surface area contributed by atoms with Crippen molar-refractivity contribution in [3.05, 3.63) is 88.4 Å². The molecule has 0 atom stereocenters. The lowest BCUT2D eigenvalue weighted by molar-refractivity contribution is -0.122. The number of para-hydroxylation sites is 1. The van der Waals surface area contributed by atoms with Crippen LogP contribution in [0.3, 0.4) is 0 Å². The number of halogens is 1. The zero-order valence-electron chi connectivity index (χ0n) is 15.9. The standard InChI is InChI=1S/C22H18BrN5O2/c23-18-8-5-6-16(12-18)15-30-21-11-4-1-7-17(21)13-24-25-22(29)14-28-26-19-9-2-3-10-20(19)27-28/h1-13H,14-15H2,(H,25,29). The van der Waals surface area contributed by atoms with Crippen LogP contribution in [0, 0.1) is 0 Å². The lowest BCUT2D eigenvalue weighted by Crippen LogP contribution is -2.24. The van der Waals surface area contributed by atoms with Crippen LogP contribution < -0.4 is 10.2 Å². The fraction of sp³-hybridized carbons (Fsp3) is 0.0909. The molecule has 0 saturated heterocycles. The molecule has 1 heterocycles. The summed E-state index contributed by atoms with van der Waals surface area (Å²) in [6, 6.07) is 22.9. The van der Waals surface area contributed by atoms with Gasteiger partial charge < -0.3 is 4.74 Å². The Balaban J connectivity index is 1.36. The van der Waals surface area contributed by atoms with Gasteiger partial charge in [-0.05, 0) is 42.0 Å². The Kier molecular flexibility index (Phi) is 6.14. The van der Waals surface area contributed by atoms with Crippen LogP contribution in [0.5, 0.6) is 5.75 Å². The largest absolute Gasteiger partial charge is 0.488 e. The van der Waals surface area contributed by atoms with Crippen LogP contribution in [0.15, 0.2) is 82.4 Å². The second kappa shape index (κ2) is 9.32. The molecule has 150 valence electrons. The van der Waals surface area contributed by atoms with Crippen molar-refractivity contribution in [3.63, 3.8) is 0 Å². The maximum absolute atomic E-state index is 12.1. The summed E-state index contributed by atoms with van der Waals surface area (Å²) in [5.74, 6) is 0.356. The first-order valence-electron chi connectivity index (χ1n) is 9.25. The minimum absolute atomic E-state index is 0.0208. The highest BCUT2D eigenvalue weighted by molar-refractivity contribution is 9.10. The van der Waals surface area contributed by atoms with Gasteiger partial charge in [0.05, 0.1) is 6.21 Å². The molecule has 1 amide bonds. The van der Waals surface area contributed by atoms with Gasteiger partial charge >= 0.3 is 0 Å². The summed E-state index contributed by atoms with van der Waals surface area (Å²) in [4.78, 5) is 13.5. The SMILES string of the molecule is O=C(Cn1nc2ccccc2n1)NN=Cc1ccccc1OCc1cccc(Br)c1. The first-order chi connectivity index (χ1) is 14.7. The van der Waals surface area contributed by atoms with Crippen LogP contribution in [0.25, 0.3) is 11.0 Å². The van der Waals surface area contributed by atoms with E-state index in [1.807, 2.05) is 72.8 Å². The van der Waals surface area contributed by atoms with Gasteiger partial charge in [-0.2, -0.15) is 20.1 Å². The lowest BCUT2D eigenvalue weighted by Gasteiger charge is -2.09. The van der Waals surface area contributed by atoms with E-state index in [-0.39, 0.29) is 12.5 Å². The third kappa shape index (κ3) is 5.09. The van der Waals surface area contributed by atoms with Crippen molar-refractivity contribution in [2.24, 2.45) is 5.10 Å². The summed E-state index contributed by atoms with van der Waals surface area (Å²) in [5.41, 5.74) is 5.79. The molecule has 0 aliphatic heterocycles. The Bertz CT molecular complexity index is 1170. The number of rotatable bonds is 7. The number of hydrogen-bond donors (Lipinski definition) is 1. The number of fused-ring (bicyclic) bond motifs is 1. The summed E-state index contributed by atoms with van der Waals surface area (Å²) >= 11 is 3.46. The Morgan fingerprint density at radius 2 is 1.77 bits per heavy atom. The maximum atomic E-state index is 12.1. The van der Waals surface area contributed by atoms with Crippen LogP contribution in [-0.2, 0) is 17.9 Å². The number of aromatic nitrogens is 3. The van der Waals surface area contributed by atoms with Gasteiger partial charge in [0.1, 0.15) is 29.9 Å². The predicted octanol–water partition coefficient (Wildman–Crippen LogP) is 3.92. The third-order valence-electron chi connectivity index (χ3n) is 4.21. The number of amides is 1. The highest BCUT2D eigenvalue weighted by Gasteiger charge is 2.07. The molecule has 3 aromatic carbocycles. The van der Waals surface area contributed by atoms with Crippen molar-refractivity contribution in [1.82, 2.24) is 20.4 Å². The van der Waals surface area contributed by atoms with E-state index in [2.05, 4.69) is 36.7 Å². The number of hydrazone groups is 1. The first kappa shape index (κ1) is 19.8. The minimum atomic E-state index is -0.320. The minimum Gasteiger partial charge on any atom is -0.488 e. The number of nitrogens with one attached hydrogen (secondary N) is 1. The van der Waals surface area contributed by atoms with E-state index in [1.165, 1.54) is 4.80 Å². The summed E-state index contributed by atoms with van der Waals surface area (Å²) in [7, 11) is 0. The third-order valence-corrected chi connectivity index (χ3v) is 4.70. The van der Waals surface area contributed by atoms with Gasteiger partial charge in [0.2, 0.25) is 0 Å². The van der Waals surface area contributed by atoms with Crippen LogP contribution in [0.1, 0.15) is 11.1 Å². The molecule has 0 aliphatic rings. The molecule has 8 heteroatoms. The highest BCUT2D eigenvalue weighted by Crippen LogP contribution is 2.19. The molecule has 7 nitrogen and oxygen atoms in total.